The zero-order chi connectivity index (χ0) is 18.4. The molecule has 0 amide bonds. The van der Waals surface area contributed by atoms with E-state index in [0.717, 1.165) is 16.7 Å². The average Bonchev–Trinajstić information content (AvgIpc) is 2.67. The molecular formula is C20H17NO5. The van der Waals surface area contributed by atoms with E-state index >= 15 is 0 Å². The fraction of sp³-hybridized carbons (Fsp3) is 0.150. The lowest BCUT2D eigenvalue weighted by Gasteiger charge is -2.10. The Kier molecular flexibility index (Phi) is 5.43. The fourth-order valence-electron chi connectivity index (χ4n) is 2.45. The molecule has 1 N–H and O–H groups in total. The number of benzene rings is 2. The number of carboxylic acid groups (broad SMARTS) is 1. The molecule has 0 fully saturated rings. The van der Waals surface area contributed by atoms with Crippen LogP contribution in [0.15, 0.2) is 60.8 Å². The number of pyridine rings is 1. The summed E-state index contributed by atoms with van der Waals surface area (Å²) >= 11 is 0. The molecule has 0 atom stereocenters. The number of ketones is 1. The number of carboxylic acids is 1. The number of carbonyl (C=O) groups excluding carboxylic acids is 1. The van der Waals surface area contributed by atoms with E-state index in [1.165, 1.54) is 12.1 Å². The van der Waals surface area contributed by atoms with Gasteiger partial charge < -0.3 is 14.6 Å². The lowest BCUT2D eigenvalue weighted by atomic mass is 10.1. The first-order valence-electron chi connectivity index (χ1n) is 8.12. The molecule has 0 spiro atoms. The van der Waals surface area contributed by atoms with Crippen molar-refractivity contribution >= 4 is 22.7 Å². The number of hydrogen-bond donors (Lipinski definition) is 1. The molecule has 3 aromatic rings. The molecule has 0 saturated carbocycles. The van der Waals surface area contributed by atoms with Gasteiger partial charge in [-0.25, -0.2) is 4.79 Å². The summed E-state index contributed by atoms with van der Waals surface area (Å²) < 4.78 is 11.4. The number of fused-ring (bicyclic) bond motifs is 1. The summed E-state index contributed by atoms with van der Waals surface area (Å²) in [6.45, 7) is 0.929. The van der Waals surface area contributed by atoms with Crippen LogP contribution in [-0.2, 0) is 4.79 Å². The first-order valence-corrected chi connectivity index (χ1v) is 8.12. The Balaban J connectivity index is 1.47. The van der Waals surface area contributed by atoms with E-state index in [9.17, 15) is 9.59 Å². The lowest BCUT2D eigenvalue weighted by molar-refractivity contribution is -0.131. The van der Waals surface area contributed by atoms with E-state index < -0.39 is 11.8 Å². The van der Waals surface area contributed by atoms with Crippen LogP contribution in [0, 0.1) is 0 Å². The van der Waals surface area contributed by atoms with Gasteiger partial charge in [-0.05, 0) is 42.5 Å². The van der Waals surface area contributed by atoms with Crippen molar-refractivity contribution in [2.24, 2.45) is 0 Å². The molecule has 0 saturated heterocycles. The topological polar surface area (TPSA) is 85.7 Å². The zero-order valence-electron chi connectivity index (χ0n) is 13.9. The molecule has 2 aromatic carbocycles. The van der Waals surface area contributed by atoms with E-state index in [0.29, 0.717) is 25.4 Å². The molecule has 6 nitrogen and oxygen atoms in total. The Bertz CT molecular complexity index is 916. The minimum Gasteiger partial charge on any atom is -0.493 e. The van der Waals surface area contributed by atoms with E-state index in [1.54, 1.807) is 18.3 Å². The SMILES string of the molecule is O=C(O)C(=O)c1ccc(OCCCOc2ccnc3ccccc23)cc1. The van der Waals surface area contributed by atoms with Crippen LogP contribution in [0.2, 0.25) is 0 Å². The van der Waals surface area contributed by atoms with Crippen molar-refractivity contribution < 1.29 is 24.2 Å². The van der Waals surface area contributed by atoms with Crippen LogP contribution in [0.4, 0.5) is 0 Å². The smallest absolute Gasteiger partial charge is 0.377 e. The second-order valence-electron chi connectivity index (χ2n) is 5.54. The second-order valence-corrected chi connectivity index (χ2v) is 5.54. The molecule has 3 rings (SSSR count). The van der Waals surface area contributed by atoms with Crippen molar-refractivity contribution in [3.63, 3.8) is 0 Å². The van der Waals surface area contributed by atoms with E-state index in [1.807, 2.05) is 30.3 Å². The van der Waals surface area contributed by atoms with Crippen molar-refractivity contribution in [2.75, 3.05) is 13.2 Å². The number of rotatable bonds is 8. The number of aromatic nitrogens is 1. The molecular weight excluding hydrogens is 334 g/mol. The van der Waals surface area contributed by atoms with Crippen LogP contribution >= 0.6 is 0 Å². The van der Waals surface area contributed by atoms with Crippen LogP contribution in [0.25, 0.3) is 10.9 Å². The minimum absolute atomic E-state index is 0.123. The second kappa shape index (κ2) is 8.11. The Morgan fingerprint density at radius 2 is 1.65 bits per heavy atom. The molecule has 0 bridgehead atoms. The van der Waals surface area contributed by atoms with Gasteiger partial charge in [-0.2, -0.15) is 0 Å². The maximum absolute atomic E-state index is 11.3. The average molecular weight is 351 g/mol. The van der Waals surface area contributed by atoms with Crippen LogP contribution in [0.3, 0.4) is 0 Å². The molecule has 1 heterocycles. The first-order chi connectivity index (χ1) is 12.6. The third-order valence-corrected chi connectivity index (χ3v) is 3.73. The molecule has 6 heteroatoms. The highest BCUT2D eigenvalue weighted by atomic mass is 16.5. The number of hydrogen-bond acceptors (Lipinski definition) is 5. The van der Waals surface area contributed by atoms with E-state index in [-0.39, 0.29) is 5.56 Å². The molecule has 0 aliphatic heterocycles. The van der Waals surface area contributed by atoms with Gasteiger partial charge in [-0.1, -0.05) is 12.1 Å². The Hall–Kier alpha value is -3.41. The highest BCUT2D eigenvalue weighted by Crippen LogP contribution is 2.23. The first kappa shape index (κ1) is 17.4. The zero-order valence-corrected chi connectivity index (χ0v) is 13.9. The Morgan fingerprint density at radius 1 is 0.923 bits per heavy atom. The van der Waals surface area contributed by atoms with E-state index in [2.05, 4.69) is 4.98 Å². The van der Waals surface area contributed by atoms with Gasteiger partial charge in [0.2, 0.25) is 0 Å². The van der Waals surface area contributed by atoms with Gasteiger partial charge in [0.1, 0.15) is 11.5 Å². The number of ether oxygens (including phenoxy) is 2. The predicted molar refractivity (Wildman–Crippen MR) is 95.8 cm³/mol. The highest BCUT2D eigenvalue weighted by Gasteiger charge is 2.13. The molecule has 0 unspecified atom stereocenters. The van der Waals surface area contributed by atoms with Gasteiger partial charge in [0.05, 0.1) is 18.7 Å². The van der Waals surface area contributed by atoms with Crippen LogP contribution in [0.5, 0.6) is 11.5 Å². The quantitative estimate of drug-likeness (QED) is 0.380. The summed E-state index contributed by atoms with van der Waals surface area (Å²) in [7, 11) is 0. The molecule has 1 aromatic heterocycles. The standard InChI is InChI=1S/C20H17NO5/c22-19(20(23)24)14-6-8-15(9-7-14)25-12-3-13-26-18-10-11-21-17-5-2-1-4-16(17)18/h1-2,4-11H,3,12-13H2,(H,23,24). The van der Waals surface area contributed by atoms with Crippen LogP contribution in [0.1, 0.15) is 16.8 Å². The highest BCUT2D eigenvalue weighted by molar-refractivity contribution is 6.39. The molecule has 26 heavy (non-hydrogen) atoms. The maximum Gasteiger partial charge on any atom is 0.377 e. The number of nitrogens with zero attached hydrogens (tertiary/aromatic N) is 1. The van der Waals surface area contributed by atoms with Crippen LogP contribution < -0.4 is 9.47 Å². The molecule has 0 radical (unpaired) electrons. The van der Waals surface area contributed by atoms with Crippen molar-refractivity contribution in [2.45, 2.75) is 6.42 Å². The van der Waals surface area contributed by atoms with Gasteiger partial charge in [0.25, 0.3) is 5.78 Å². The summed E-state index contributed by atoms with van der Waals surface area (Å²) in [5.41, 5.74) is 1.01. The third kappa shape index (κ3) is 4.16. The maximum atomic E-state index is 11.3. The van der Waals surface area contributed by atoms with Gasteiger partial charge in [-0.15, -0.1) is 0 Å². The molecule has 132 valence electrons. The largest absolute Gasteiger partial charge is 0.493 e. The van der Waals surface area contributed by atoms with Crippen molar-refractivity contribution in [3.8, 4) is 11.5 Å². The molecule has 0 aliphatic rings. The van der Waals surface area contributed by atoms with Crippen molar-refractivity contribution in [3.05, 3.63) is 66.4 Å². The van der Waals surface area contributed by atoms with Gasteiger partial charge in [0, 0.05) is 23.6 Å². The predicted octanol–water partition coefficient (Wildman–Crippen LogP) is 3.35. The van der Waals surface area contributed by atoms with Crippen molar-refractivity contribution in [1.82, 2.24) is 4.98 Å². The lowest BCUT2D eigenvalue weighted by Crippen LogP contribution is -2.12. The summed E-state index contributed by atoms with van der Waals surface area (Å²) in [5, 5.41) is 9.63. The Morgan fingerprint density at radius 3 is 2.42 bits per heavy atom. The van der Waals surface area contributed by atoms with E-state index in [4.69, 9.17) is 14.6 Å². The molecule has 0 aliphatic carbocycles. The van der Waals surface area contributed by atoms with Gasteiger partial charge in [-0.3, -0.25) is 9.78 Å². The summed E-state index contributed by atoms with van der Waals surface area (Å²) in [6.07, 6.45) is 2.39. The fourth-order valence-corrected chi connectivity index (χ4v) is 2.45. The third-order valence-electron chi connectivity index (χ3n) is 3.73. The Labute approximate surface area is 150 Å². The minimum atomic E-state index is -1.47. The number of Topliss-reactive ketones (excluding diaryl/α,β-unsaturated/α-hetero) is 1. The van der Waals surface area contributed by atoms with Crippen molar-refractivity contribution in [1.29, 1.82) is 0 Å². The summed E-state index contributed by atoms with van der Waals surface area (Å²) in [4.78, 5) is 26.2. The monoisotopic (exact) mass is 351 g/mol. The number of aliphatic carboxylic acids is 1. The van der Waals surface area contributed by atoms with Gasteiger partial charge >= 0.3 is 5.97 Å². The normalized spacial score (nSPS) is 10.5. The number of para-hydroxylation sites is 1. The number of carbonyl (C=O) groups is 2. The van der Waals surface area contributed by atoms with Crippen LogP contribution in [-0.4, -0.2) is 35.1 Å². The van der Waals surface area contributed by atoms with Gasteiger partial charge in [0.15, 0.2) is 0 Å². The summed E-state index contributed by atoms with van der Waals surface area (Å²) in [5.74, 6) is -1.05. The summed E-state index contributed by atoms with van der Waals surface area (Å²) in [6, 6.07) is 15.6.